The Morgan fingerprint density at radius 3 is 2.79 bits per heavy atom. The Labute approximate surface area is 171 Å². The fourth-order valence-corrected chi connectivity index (χ4v) is 4.17. The Hall–Kier alpha value is -2.89. The highest BCUT2D eigenvalue weighted by molar-refractivity contribution is 6.00. The monoisotopic (exact) mass is 392 g/mol. The van der Waals surface area contributed by atoms with Crippen molar-refractivity contribution in [2.45, 2.75) is 39.7 Å². The minimum atomic E-state index is -0.317. The van der Waals surface area contributed by atoms with Gasteiger partial charge >= 0.3 is 0 Å². The molecule has 152 valence electrons. The van der Waals surface area contributed by atoms with Gasteiger partial charge in [-0.15, -0.1) is 0 Å². The summed E-state index contributed by atoms with van der Waals surface area (Å²) in [5.74, 6) is 0.610. The number of amides is 2. The highest BCUT2D eigenvalue weighted by Crippen LogP contribution is 2.29. The van der Waals surface area contributed by atoms with Gasteiger partial charge in [-0.3, -0.25) is 9.59 Å². The van der Waals surface area contributed by atoms with E-state index in [1.54, 1.807) is 11.1 Å². The molecule has 2 amide bonds. The number of aromatic nitrogens is 1. The fraction of sp³-hybridized carbons (Fsp3) is 0.435. The van der Waals surface area contributed by atoms with Crippen LogP contribution in [0.3, 0.4) is 0 Å². The van der Waals surface area contributed by atoms with Crippen molar-refractivity contribution in [1.29, 1.82) is 0 Å². The van der Waals surface area contributed by atoms with Crippen molar-refractivity contribution in [3.8, 4) is 0 Å². The maximum Gasteiger partial charge on any atom is 0.227 e. The molecule has 4 rings (SSSR count). The minimum absolute atomic E-state index is 0.0130. The zero-order valence-corrected chi connectivity index (χ0v) is 17.1. The van der Waals surface area contributed by atoms with Crippen molar-refractivity contribution in [2.24, 2.45) is 5.92 Å². The Morgan fingerprint density at radius 2 is 2.00 bits per heavy atom. The maximum atomic E-state index is 12.7. The molecule has 1 aromatic carbocycles. The predicted molar refractivity (Wildman–Crippen MR) is 114 cm³/mol. The fourth-order valence-electron chi connectivity index (χ4n) is 4.17. The van der Waals surface area contributed by atoms with Crippen LogP contribution in [-0.4, -0.2) is 36.4 Å². The third-order valence-electron chi connectivity index (χ3n) is 6.07. The first kappa shape index (κ1) is 19.4. The number of carbonyl (C=O) groups excluding carboxylic acids is 2. The van der Waals surface area contributed by atoms with E-state index in [2.05, 4.69) is 15.2 Å². The summed E-state index contributed by atoms with van der Waals surface area (Å²) in [5, 5.41) is 3.01. The van der Waals surface area contributed by atoms with E-state index in [-0.39, 0.29) is 24.2 Å². The van der Waals surface area contributed by atoms with Crippen molar-refractivity contribution in [3.05, 3.63) is 53.2 Å². The Balaban J connectivity index is 1.38. The predicted octanol–water partition coefficient (Wildman–Crippen LogP) is 2.97. The van der Waals surface area contributed by atoms with Gasteiger partial charge < -0.3 is 15.1 Å². The number of aryl methyl sites for hydroxylation is 1. The first-order valence-electron chi connectivity index (χ1n) is 10.4. The standard InChI is InChI=1S/C23H28N4O2/c1-16-6-5-7-20(17(16)2)27-15-19(13-22(27)28)23(29)25-14-18-8-9-24-21(12-18)26-10-3-4-11-26/h5-9,12,19H,3-4,10-11,13-15H2,1-2H3,(H,25,29)/t19-/m0/s1. The molecule has 0 aliphatic carbocycles. The molecule has 1 aromatic heterocycles. The lowest BCUT2D eigenvalue weighted by Crippen LogP contribution is -2.33. The van der Waals surface area contributed by atoms with E-state index in [4.69, 9.17) is 0 Å². The molecular formula is C23H28N4O2. The summed E-state index contributed by atoms with van der Waals surface area (Å²) >= 11 is 0. The van der Waals surface area contributed by atoms with E-state index in [0.29, 0.717) is 13.1 Å². The average Bonchev–Trinajstić information content (AvgIpc) is 3.39. The highest BCUT2D eigenvalue weighted by atomic mass is 16.2. The molecule has 2 aliphatic rings. The van der Waals surface area contributed by atoms with Crippen LogP contribution in [0, 0.1) is 19.8 Å². The van der Waals surface area contributed by atoms with Gasteiger partial charge in [-0.05, 0) is 61.6 Å². The molecule has 2 aliphatic heterocycles. The van der Waals surface area contributed by atoms with Crippen LogP contribution in [0.15, 0.2) is 36.5 Å². The van der Waals surface area contributed by atoms with E-state index >= 15 is 0 Å². The lowest BCUT2D eigenvalue weighted by molar-refractivity contribution is -0.126. The zero-order chi connectivity index (χ0) is 20.4. The maximum absolute atomic E-state index is 12.7. The number of pyridine rings is 1. The third-order valence-corrected chi connectivity index (χ3v) is 6.07. The van der Waals surface area contributed by atoms with Crippen LogP contribution >= 0.6 is 0 Å². The second kappa shape index (κ2) is 8.23. The van der Waals surface area contributed by atoms with Crippen LogP contribution in [0.5, 0.6) is 0 Å². The molecule has 1 N–H and O–H groups in total. The van der Waals surface area contributed by atoms with E-state index in [9.17, 15) is 9.59 Å². The van der Waals surface area contributed by atoms with Crippen LogP contribution in [0.25, 0.3) is 0 Å². The second-order valence-electron chi connectivity index (χ2n) is 8.06. The smallest absolute Gasteiger partial charge is 0.227 e. The van der Waals surface area contributed by atoms with Gasteiger partial charge in [0.15, 0.2) is 0 Å². The normalized spacial score (nSPS) is 19.1. The summed E-state index contributed by atoms with van der Waals surface area (Å²) in [6.07, 6.45) is 4.47. The Bertz CT molecular complexity index is 921. The van der Waals surface area contributed by atoms with Gasteiger partial charge in [0, 0.05) is 44.5 Å². The number of rotatable bonds is 5. The summed E-state index contributed by atoms with van der Waals surface area (Å²) in [7, 11) is 0. The largest absolute Gasteiger partial charge is 0.357 e. The van der Waals surface area contributed by atoms with Crippen LogP contribution in [-0.2, 0) is 16.1 Å². The molecule has 2 aromatic rings. The van der Waals surface area contributed by atoms with Crippen LogP contribution < -0.4 is 15.1 Å². The van der Waals surface area contributed by atoms with Crippen molar-refractivity contribution < 1.29 is 9.59 Å². The van der Waals surface area contributed by atoms with Gasteiger partial charge in [0.2, 0.25) is 11.8 Å². The van der Waals surface area contributed by atoms with Crippen molar-refractivity contribution in [1.82, 2.24) is 10.3 Å². The number of hydrogen-bond donors (Lipinski definition) is 1. The summed E-state index contributed by atoms with van der Waals surface area (Å²) in [6, 6.07) is 9.93. The number of benzene rings is 1. The number of nitrogens with zero attached hydrogens (tertiary/aromatic N) is 3. The van der Waals surface area contributed by atoms with Crippen LogP contribution in [0.2, 0.25) is 0 Å². The Kier molecular flexibility index (Phi) is 5.51. The van der Waals surface area contributed by atoms with Crippen molar-refractivity contribution >= 4 is 23.3 Å². The number of hydrogen-bond acceptors (Lipinski definition) is 4. The molecule has 3 heterocycles. The Morgan fingerprint density at radius 1 is 1.21 bits per heavy atom. The molecule has 0 spiro atoms. The summed E-state index contributed by atoms with van der Waals surface area (Å²) in [4.78, 5) is 33.8. The lowest BCUT2D eigenvalue weighted by Gasteiger charge is -2.20. The quantitative estimate of drug-likeness (QED) is 0.850. The SMILES string of the molecule is Cc1cccc(N2C[C@@H](C(=O)NCc3ccnc(N4CCCC4)c3)CC2=O)c1C. The minimum Gasteiger partial charge on any atom is -0.357 e. The molecule has 6 nitrogen and oxygen atoms in total. The van der Waals surface area contributed by atoms with E-state index in [0.717, 1.165) is 41.3 Å². The topological polar surface area (TPSA) is 65.5 Å². The van der Waals surface area contributed by atoms with Gasteiger partial charge in [0.25, 0.3) is 0 Å². The molecule has 2 saturated heterocycles. The highest BCUT2D eigenvalue weighted by Gasteiger charge is 2.35. The molecule has 0 bridgehead atoms. The van der Waals surface area contributed by atoms with E-state index < -0.39 is 0 Å². The number of nitrogens with one attached hydrogen (secondary N) is 1. The summed E-state index contributed by atoms with van der Waals surface area (Å²) in [6.45, 7) is 7.03. The second-order valence-corrected chi connectivity index (χ2v) is 8.06. The number of anilines is 2. The molecule has 0 radical (unpaired) electrons. The summed E-state index contributed by atoms with van der Waals surface area (Å²) in [5.41, 5.74) is 4.18. The van der Waals surface area contributed by atoms with E-state index in [1.165, 1.54) is 12.8 Å². The molecule has 6 heteroatoms. The number of carbonyl (C=O) groups is 2. The third kappa shape index (κ3) is 4.11. The first-order chi connectivity index (χ1) is 14.0. The van der Waals surface area contributed by atoms with Gasteiger partial charge in [0.05, 0.1) is 5.92 Å². The zero-order valence-electron chi connectivity index (χ0n) is 17.1. The van der Waals surface area contributed by atoms with Gasteiger partial charge in [-0.1, -0.05) is 12.1 Å². The molecule has 2 fully saturated rings. The summed E-state index contributed by atoms with van der Waals surface area (Å²) < 4.78 is 0. The van der Waals surface area contributed by atoms with Gasteiger partial charge in [0.1, 0.15) is 5.82 Å². The molecule has 29 heavy (non-hydrogen) atoms. The van der Waals surface area contributed by atoms with Gasteiger partial charge in [-0.2, -0.15) is 0 Å². The van der Waals surface area contributed by atoms with Crippen LogP contribution in [0.4, 0.5) is 11.5 Å². The van der Waals surface area contributed by atoms with Gasteiger partial charge in [-0.25, -0.2) is 4.98 Å². The molecular weight excluding hydrogens is 364 g/mol. The molecule has 0 saturated carbocycles. The van der Waals surface area contributed by atoms with Crippen molar-refractivity contribution in [2.75, 3.05) is 29.4 Å². The molecule has 1 atom stereocenters. The molecule has 0 unspecified atom stereocenters. The van der Waals surface area contributed by atoms with E-state index in [1.807, 2.05) is 44.2 Å². The lowest BCUT2D eigenvalue weighted by atomic mass is 10.1. The average molecular weight is 393 g/mol. The van der Waals surface area contributed by atoms with Crippen molar-refractivity contribution in [3.63, 3.8) is 0 Å². The first-order valence-corrected chi connectivity index (χ1v) is 10.4. The van der Waals surface area contributed by atoms with Crippen LogP contribution in [0.1, 0.15) is 36.0 Å².